The van der Waals surface area contributed by atoms with E-state index in [4.69, 9.17) is 4.74 Å². The van der Waals surface area contributed by atoms with Gasteiger partial charge in [-0.3, -0.25) is 14.9 Å². The fraction of sp³-hybridized carbons (Fsp3) is 0.474. The number of rotatable bonds is 5. The minimum atomic E-state index is -0.719. The highest BCUT2D eigenvalue weighted by Crippen LogP contribution is 2.15. The lowest BCUT2D eigenvalue weighted by atomic mass is 10.1. The van der Waals surface area contributed by atoms with Crippen LogP contribution in [0.2, 0.25) is 0 Å². The largest absolute Gasteiger partial charge is 0.452 e. The summed E-state index contributed by atoms with van der Waals surface area (Å²) in [6, 6.07) is 6.08. The highest BCUT2D eigenvalue weighted by molar-refractivity contribution is 5.97. The second kappa shape index (κ2) is 8.66. The molecule has 0 bridgehead atoms. The quantitative estimate of drug-likeness (QED) is 0.761. The van der Waals surface area contributed by atoms with Gasteiger partial charge in [0.15, 0.2) is 6.61 Å². The molecule has 1 aromatic carbocycles. The molecule has 0 spiro atoms. The Labute approximate surface area is 158 Å². The molecule has 0 unspecified atom stereocenters. The van der Waals surface area contributed by atoms with Crippen LogP contribution in [0.4, 0.5) is 4.79 Å². The summed E-state index contributed by atoms with van der Waals surface area (Å²) in [6.45, 7) is 5.92. The zero-order valence-corrected chi connectivity index (χ0v) is 15.8. The van der Waals surface area contributed by atoms with Crippen molar-refractivity contribution in [2.24, 2.45) is 0 Å². The molecule has 1 aliphatic rings. The van der Waals surface area contributed by atoms with Gasteiger partial charge in [-0.1, -0.05) is 12.1 Å². The number of imide groups is 1. The molecule has 0 aromatic heterocycles. The van der Waals surface area contributed by atoms with Gasteiger partial charge >= 0.3 is 12.0 Å². The summed E-state index contributed by atoms with van der Waals surface area (Å²) in [6.07, 6.45) is 1.40. The Morgan fingerprint density at radius 2 is 1.96 bits per heavy atom. The van der Waals surface area contributed by atoms with Crippen molar-refractivity contribution in [2.75, 3.05) is 13.2 Å². The molecule has 2 rings (SSSR count). The molecule has 1 saturated heterocycles. The van der Waals surface area contributed by atoms with E-state index < -0.39 is 30.1 Å². The Balaban J connectivity index is 1.85. The molecule has 0 aliphatic carbocycles. The van der Waals surface area contributed by atoms with Crippen LogP contribution in [0.1, 0.15) is 49.5 Å². The third-order valence-electron chi connectivity index (χ3n) is 3.78. The fourth-order valence-corrected chi connectivity index (χ4v) is 2.64. The molecule has 8 nitrogen and oxygen atoms in total. The van der Waals surface area contributed by atoms with Crippen molar-refractivity contribution in [3.63, 3.8) is 0 Å². The summed E-state index contributed by atoms with van der Waals surface area (Å²) in [5.74, 6) is -1.28. The maximum absolute atomic E-state index is 12.1. The number of nitrogens with zero attached hydrogens (tertiary/aromatic N) is 1. The summed E-state index contributed by atoms with van der Waals surface area (Å²) >= 11 is 0. The van der Waals surface area contributed by atoms with E-state index in [9.17, 15) is 19.2 Å². The standard InChI is InChI=1S/C19H25N3O5/c1-19(2,3)21-18(26)20-15(23)12-27-17(25)14-7-4-6-13(10-14)11-22-9-5-8-16(22)24/h4,6-7,10H,5,8-9,11-12H2,1-3H3,(H2,20,21,23,26). The molecule has 0 atom stereocenters. The van der Waals surface area contributed by atoms with Crippen LogP contribution in [0.15, 0.2) is 24.3 Å². The first-order valence-corrected chi connectivity index (χ1v) is 8.80. The number of hydrogen-bond donors (Lipinski definition) is 2. The average Bonchev–Trinajstić information content (AvgIpc) is 2.96. The number of likely N-dealkylation sites (tertiary alicyclic amines) is 1. The van der Waals surface area contributed by atoms with Gasteiger partial charge in [0.1, 0.15) is 0 Å². The average molecular weight is 375 g/mol. The first kappa shape index (κ1) is 20.4. The van der Waals surface area contributed by atoms with E-state index >= 15 is 0 Å². The van der Waals surface area contributed by atoms with Gasteiger partial charge in [0.2, 0.25) is 5.91 Å². The van der Waals surface area contributed by atoms with Crippen LogP contribution < -0.4 is 10.6 Å². The minimum Gasteiger partial charge on any atom is -0.452 e. The summed E-state index contributed by atoms with van der Waals surface area (Å²) in [7, 11) is 0. The number of benzene rings is 1. The second-order valence-electron chi connectivity index (χ2n) is 7.45. The summed E-state index contributed by atoms with van der Waals surface area (Å²) in [4.78, 5) is 48.9. The molecular weight excluding hydrogens is 350 g/mol. The van der Waals surface area contributed by atoms with Crippen LogP contribution in [-0.4, -0.2) is 47.4 Å². The molecule has 27 heavy (non-hydrogen) atoms. The lowest BCUT2D eigenvalue weighted by Crippen LogP contribution is -2.49. The molecule has 1 aromatic rings. The van der Waals surface area contributed by atoms with Crippen molar-refractivity contribution >= 4 is 23.8 Å². The predicted octanol–water partition coefficient (Wildman–Crippen LogP) is 1.59. The topological polar surface area (TPSA) is 105 Å². The highest BCUT2D eigenvalue weighted by atomic mass is 16.5. The Bertz CT molecular complexity index is 739. The molecular formula is C19H25N3O5. The first-order valence-electron chi connectivity index (χ1n) is 8.80. The zero-order valence-electron chi connectivity index (χ0n) is 15.8. The van der Waals surface area contributed by atoms with Gasteiger partial charge in [-0.25, -0.2) is 9.59 Å². The lowest BCUT2D eigenvalue weighted by molar-refractivity contribution is -0.128. The van der Waals surface area contributed by atoms with Crippen molar-refractivity contribution in [1.82, 2.24) is 15.5 Å². The van der Waals surface area contributed by atoms with Gasteiger partial charge in [-0.15, -0.1) is 0 Å². The molecule has 1 fully saturated rings. The zero-order chi connectivity index (χ0) is 20.0. The van der Waals surface area contributed by atoms with Crippen LogP contribution in [0.25, 0.3) is 0 Å². The Morgan fingerprint density at radius 1 is 1.22 bits per heavy atom. The number of amides is 4. The fourth-order valence-electron chi connectivity index (χ4n) is 2.64. The van der Waals surface area contributed by atoms with Gasteiger partial charge < -0.3 is 15.0 Å². The summed E-state index contributed by atoms with van der Waals surface area (Å²) in [5, 5.41) is 4.67. The van der Waals surface area contributed by atoms with Gasteiger partial charge in [0.05, 0.1) is 5.56 Å². The number of hydrogen-bond acceptors (Lipinski definition) is 5. The van der Waals surface area contributed by atoms with Crippen LogP contribution in [0.3, 0.4) is 0 Å². The lowest BCUT2D eigenvalue weighted by Gasteiger charge is -2.20. The number of carbonyl (C=O) groups excluding carboxylic acids is 4. The maximum atomic E-state index is 12.1. The van der Waals surface area contributed by atoms with Crippen LogP contribution >= 0.6 is 0 Å². The number of carbonyl (C=O) groups is 4. The predicted molar refractivity (Wildman–Crippen MR) is 97.8 cm³/mol. The highest BCUT2D eigenvalue weighted by Gasteiger charge is 2.21. The van der Waals surface area contributed by atoms with Crippen molar-refractivity contribution in [3.8, 4) is 0 Å². The Morgan fingerprint density at radius 3 is 2.59 bits per heavy atom. The van der Waals surface area contributed by atoms with E-state index in [0.717, 1.165) is 12.0 Å². The first-order chi connectivity index (χ1) is 12.6. The van der Waals surface area contributed by atoms with E-state index in [-0.39, 0.29) is 11.5 Å². The van der Waals surface area contributed by atoms with Gasteiger partial charge in [0, 0.05) is 25.0 Å². The van der Waals surface area contributed by atoms with Gasteiger partial charge in [0.25, 0.3) is 5.91 Å². The number of urea groups is 1. The monoisotopic (exact) mass is 375 g/mol. The van der Waals surface area contributed by atoms with E-state index in [1.807, 2.05) is 6.07 Å². The Kier molecular flexibility index (Phi) is 6.55. The van der Waals surface area contributed by atoms with E-state index in [2.05, 4.69) is 10.6 Å². The third kappa shape index (κ3) is 6.73. The molecule has 8 heteroatoms. The van der Waals surface area contributed by atoms with Crippen LogP contribution in [0, 0.1) is 0 Å². The van der Waals surface area contributed by atoms with Crippen LogP contribution in [0.5, 0.6) is 0 Å². The molecule has 2 N–H and O–H groups in total. The van der Waals surface area contributed by atoms with Crippen molar-refractivity contribution in [2.45, 2.75) is 45.7 Å². The van der Waals surface area contributed by atoms with Gasteiger partial charge in [-0.05, 0) is 44.9 Å². The smallest absolute Gasteiger partial charge is 0.338 e. The second-order valence-corrected chi connectivity index (χ2v) is 7.45. The summed E-state index contributed by atoms with van der Waals surface area (Å²) < 4.78 is 4.96. The van der Waals surface area contributed by atoms with Gasteiger partial charge in [-0.2, -0.15) is 0 Å². The molecule has 4 amide bonds. The van der Waals surface area contributed by atoms with E-state index in [1.165, 1.54) is 0 Å². The minimum absolute atomic E-state index is 0.105. The normalized spacial score (nSPS) is 14.0. The summed E-state index contributed by atoms with van der Waals surface area (Å²) in [5.41, 5.74) is 0.609. The molecule has 1 heterocycles. The van der Waals surface area contributed by atoms with E-state index in [1.54, 1.807) is 43.9 Å². The molecule has 1 aliphatic heterocycles. The SMILES string of the molecule is CC(C)(C)NC(=O)NC(=O)COC(=O)c1cccc(CN2CCCC2=O)c1. The number of esters is 1. The maximum Gasteiger partial charge on any atom is 0.338 e. The number of nitrogens with one attached hydrogen (secondary N) is 2. The molecule has 146 valence electrons. The number of ether oxygens (including phenoxy) is 1. The van der Waals surface area contributed by atoms with E-state index in [0.29, 0.717) is 19.5 Å². The molecule has 0 saturated carbocycles. The van der Waals surface area contributed by atoms with Crippen molar-refractivity contribution in [3.05, 3.63) is 35.4 Å². The Hall–Kier alpha value is -2.90. The van der Waals surface area contributed by atoms with Crippen LogP contribution in [-0.2, 0) is 20.9 Å². The third-order valence-corrected chi connectivity index (χ3v) is 3.78. The van der Waals surface area contributed by atoms with Crippen molar-refractivity contribution < 1.29 is 23.9 Å². The van der Waals surface area contributed by atoms with Crippen molar-refractivity contribution in [1.29, 1.82) is 0 Å². The molecule has 0 radical (unpaired) electrons.